The maximum absolute atomic E-state index is 13.0. The number of likely N-dealkylation sites (tertiary alicyclic amines) is 1. The van der Waals surface area contributed by atoms with E-state index in [0.29, 0.717) is 13.0 Å². The number of nitrogens with one attached hydrogen (secondary N) is 1. The highest BCUT2D eigenvalue weighted by Gasteiger charge is 2.28. The fraction of sp³-hybridized carbons (Fsp3) is 0.286. The first-order valence-corrected chi connectivity index (χ1v) is 9.42. The number of hydrogen-bond donors (Lipinski definition) is 1. The molecule has 6 nitrogen and oxygen atoms in total. The summed E-state index contributed by atoms with van der Waals surface area (Å²) in [6.45, 7) is 1.52. The molecule has 4 heterocycles. The van der Waals surface area contributed by atoms with E-state index in [0.717, 1.165) is 47.3 Å². The summed E-state index contributed by atoms with van der Waals surface area (Å²) in [6, 6.07) is 14.0. The summed E-state index contributed by atoms with van der Waals surface area (Å²) in [5, 5.41) is 9.79. The number of H-pyrrole nitrogens is 1. The maximum Gasteiger partial charge on any atom is 0.227 e. The minimum atomic E-state index is 0.179. The molecule has 1 aliphatic rings. The first-order valence-electron chi connectivity index (χ1n) is 9.42. The monoisotopic (exact) mass is 359 g/mol. The number of piperidine rings is 1. The Balaban J connectivity index is 1.35. The van der Waals surface area contributed by atoms with Crippen LogP contribution in [0.4, 0.5) is 0 Å². The lowest BCUT2D eigenvalue weighted by Crippen LogP contribution is -2.40. The molecule has 4 aromatic rings. The number of fused-ring (bicyclic) bond motifs is 2. The van der Waals surface area contributed by atoms with Crippen molar-refractivity contribution in [1.82, 2.24) is 24.5 Å². The molecule has 0 unspecified atom stereocenters. The van der Waals surface area contributed by atoms with Gasteiger partial charge in [0.25, 0.3) is 0 Å². The molecule has 0 bridgehead atoms. The van der Waals surface area contributed by atoms with Crippen molar-refractivity contribution < 1.29 is 4.79 Å². The van der Waals surface area contributed by atoms with Gasteiger partial charge in [-0.1, -0.05) is 24.3 Å². The zero-order valence-electron chi connectivity index (χ0n) is 15.0. The number of aromatic nitrogens is 4. The van der Waals surface area contributed by atoms with Gasteiger partial charge in [0.05, 0.1) is 6.42 Å². The third kappa shape index (κ3) is 2.87. The number of benzene rings is 1. The number of para-hydroxylation sites is 1. The molecule has 0 spiro atoms. The summed E-state index contributed by atoms with van der Waals surface area (Å²) in [6.07, 6.45) is 6.41. The summed E-state index contributed by atoms with van der Waals surface area (Å²) in [5.74, 6) is 1.36. The van der Waals surface area contributed by atoms with Crippen LogP contribution >= 0.6 is 0 Å². The van der Waals surface area contributed by atoms with Crippen molar-refractivity contribution in [2.75, 3.05) is 13.1 Å². The van der Waals surface area contributed by atoms with Crippen molar-refractivity contribution in [1.29, 1.82) is 0 Å². The molecular formula is C21H21N5O. The van der Waals surface area contributed by atoms with Gasteiger partial charge in [0.1, 0.15) is 5.82 Å². The van der Waals surface area contributed by atoms with Crippen molar-refractivity contribution in [3.8, 4) is 0 Å². The maximum atomic E-state index is 13.0. The van der Waals surface area contributed by atoms with Gasteiger partial charge in [-0.25, -0.2) is 0 Å². The van der Waals surface area contributed by atoms with Gasteiger partial charge in [-0.2, -0.15) is 0 Å². The number of aromatic amines is 1. The molecular weight excluding hydrogens is 338 g/mol. The smallest absolute Gasteiger partial charge is 0.227 e. The molecule has 0 aliphatic carbocycles. The van der Waals surface area contributed by atoms with Crippen LogP contribution in [0.5, 0.6) is 0 Å². The van der Waals surface area contributed by atoms with E-state index in [-0.39, 0.29) is 11.8 Å². The minimum Gasteiger partial charge on any atom is -0.361 e. The largest absolute Gasteiger partial charge is 0.361 e. The molecule has 1 fully saturated rings. The molecule has 0 saturated carbocycles. The fourth-order valence-corrected chi connectivity index (χ4v) is 4.11. The van der Waals surface area contributed by atoms with Gasteiger partial charge in [-0.15, -0.1) is 10.2 Å². The second kappa shape index (κ2) is 6.54. The Bertz CT molecular complexity index is 1110. The number of pyridine rings is 1. The topological polar surface area (TPSA) is 66.3 Å². The van der Waals surface area contributed by atoms with Crippen molar-refractivity contribution in [3.63, 3.8) is 0 Å². The van der Waals surface area contributed by atoms with Gasteiger partial charge < -0.3 is 9.88 Å². The molecule has 1 saturated heterocycles. The van der Waals surface area contributed by atoms with Gasteiger partial charge in [0, 0.05) is 42.3 Å². The fourth-order valence-electron chi connectivity index (χ4n) is 4.11. The van der Waals surface area contributed by atoms with E-state index in [4.69, 9.17) is 0 Å². The number of hydrogen-bond acceptors (Lipinski definition) is 3. The third-order valence-electron chi connectivity index (χ3n) is 5.50. The standard InChI is InChI=1S/C21H21N5O/c27-20(12-16-13-22-18-8-2-1-7-17(16)18)25-10-5-6-15(14-25)21-24-23-19-9-3-4-11-26(19)21/h1-4,7-9,11,13,15,22H,5-6,10,12,14H2/t15-/m0/s1. The van der Waals surface area contributed by atoms with E-state index in [1.807, 2.05) is 58.1 Å². The van der Waals surface area contributed by atoms with Crippen molar-refractivity contribution >= 4 is 22.5 Å². The second-order valence-electron chi connectivity index (χ2n) is 7.20. The number of rotatable bonds is 3. The number of nitrogens with zero attached hydrogens (tertiary/aromatic N) is 4. The first-order chi connectivity index (χ1) is 13.3. The molecule has 1 atom stereocenters. The third-order valence-corrected chi connectivity index (χ3v) is 5.50. The van der Waals surface area contributed by atoms with E-state index in [9.17, 15) is 4.79 Å². The quantitative estimate of drug-likeness (QED) is 0.611. The van der Waals surface area contributed by atoms with Gasteiger partial charge in [0.15, 0.2) is 5.65 Å². The summed E-state index contributed by atoms with van der Waals surface area (Å²) >= 11 is 0. The molecule has 6 heteroatoms. The lowest BCUT2D eigenvalue weighted by molar-refractivity contribution is -0.131. The highest BCUT2D eigenvalue weighted by molar-refractivity contribution is 5.88. The van der Waals surface area contributed by atoms with Crippen LogP contribution in [-0.2, 0) is 11.2 Å². The Morgan fingerprint density at radius 1 is 1.15 bits per heavy atom. The minimum absolute atomic E-state index is 0.179. The Labute approximate surface area is 156 Å². The van der Waals surface area contributed by atoms with Crippen LogP contribution < -0.4 is 0 Å². The molecule has 1 N–H and O–H groups in total. The average Bonchev–Trinajstić information content (AvgIpc) is 3.33. The summed E-state index contributed by atoms with van der Waals surface area (Å²) in [4.78, 5) is 18.2. The van der Waals surface area contributed by atoms with Gasteiger partial charge >= 0.3 is 0 Å². The Morgan fingerprint density at radius 2 is 2.04 bits per heavy atom. The van der Waals surface area contributed by atoms with E-state index in [2.05, 4.69) is 21.2 Å². The normalized spacial score (nSPS) is 17.6. The highest BCUT2D eigenvalue weighted by atomic mass is 16.2. The second-order valence-corrected chi connectivity index (χ2v) is 7.20. The van der Waals surface area contributed by atoms with E-state index in [1.54, 1.807) is 0 Å². The first kappa shape index (κ1) is 16.1. The highest BCUT2D eigenvalue weighted by Crippen LogP contribution is 2.27. The van der Waals surface area contributed by atoms with Crippen LogP contribution in [0.2, 0.25) is 0 Å². The molecule has 27 heavy (non-hydrogen) atoms. The van der Waals surface area contributed by atoms with Crippen LogP contribution in [0.3, 0.4) is 0 Å². The van der Waals surface area contributed by atoms with Gasteiger partial charge in [-0.05, 0) is 36.6 Å². The van der Waals surface area contributed by atoms with Crippen molar-refractivity contribution in [2.24, 2.45) is 0 Å². The average molecular weight is 359 g/mol. The van der Waals surface area contributed by atoms with E-state index < -0.39 is 0 Å². The Hall–Kier alpha value is -3.15. The van der Waals surface area contributed by atoms with Crippen LogP contribution in [0, 0.1) is 0 Å². The zero-order chi connectivity index (χ0) is 18.2. The van der Waals surface area contributed by atoms with Crippen molar-refractivity contribution in [2.45, 2.75) is 25.2 Å². The molecule has 1 amide bonds. The van der Waals surface area contributed by atoms with Gasteiger partial charge in [-0.3, -0.25) is 9.20 Å². The predicted molar refractivity (Wildman–Crippen MR) is 104 cm³/mol. The predicted octanol–water partition coefficient (Wildman–Crippen LogP) is 3.16. The summed E-state index contributed by atoms with van der Waals surface area (Å²) < 4.78 is 2.04. The van der Waals surface area contributed by atoms with E-state index in [1.165, 1.54) is 0 Å². The molecule has 3 aromatic heterocycles. The van der Waals surface area contributed by atoms with Crippen LogP contribution in [-0.4, -0.2) is 43.5 Å². The molecule has 136 valence electrons. The number of carbonyl (C=O) groups excluding carboxylic acids is 1. The molecule has 0 radical (unpaired) electrons. The SMILES string of the molecule is O=C(Cc1c[nH]c2ccccc12)N1CCC[C@H](c2nnc3ccccn23)C1. The molecule has 1 aliphatic heterocycles. The lowest BCUT2D eigenvalue weighted by atomic mass is 9.96. The number of amides is 1. The lowest BCUT2D eigenvalue weighted by Gasteiger charge is -2.32. The number of carbonyl (C=O) groups is 1. The Morgan fingerprint density at radius 3 is 3.00 bits per heavy atom. The Kier molecular flexibility index (Phi) is 3.89. The van der Waals surface area contributed by atoms with Gasteiger partial charge in [0.2, 0.25) is 5.91 Å². The van der Waals surface area contributed by atoms with E-state index >= 15 is 0 Å². The van der Waals surface area contributed by atoms with Crippen LogP contribution in [0.15, 0.2) is 54.9 Å². The molecule has 1 aromatic carbocycles. The van der Waals surface area contributed by atoms with Crippen molar-refractivity contribution in [3.05, 3.63) is 66.2 Å². The van der Waals surface area contributed by atoms with Crippen LogP contribution in [0.25, 0.3) is 16.6 Å². The van der Waals surface area contributed by atoms with Crippen LogP contribution in [0.1, 0.15) is 30.1 Å². The summed E-state index contributed by atoms with van der Waals surface area (Å²) in [7, 11) is 0. The molecule has 5 rings (SSSR count). The summed E-state index contributed by atoms with van der Waals surface area (Å²) in [5.41, 5.74) is 2.99. The zero-order valence-corrected chi connectivity index (χ0v) is 15.0.